The maximum atomic E-state index is 11.6. The lowest BCUT2D eigenvalue weighted by Gasteiger charge is -2.23. The Balaban J connectivity index is 2.02. The zero-order valence-corrected chi connectivity index (χ0v) is 13.5. The Bertz CT molecular complexity index is 490. The summed E-state index contributed by atoms with van der Waals surface area (Å²) in [6.07, 6.45) is 0.944. The topological polar surface area (TPSA) is 44.4 Å². The van der Waals surface area contributed by atoms with Gasteiger partial charge in [0.1, 0.15) is 0 Å². The van der Waals surface area contributed by atoms with Gasteiger partial charge in [-0.05, 0) is 36.6 Å². The molecule has 1 fully saturated rings. The first-order chi connectivity index (χ1) is 10.1. The molecule has 1 amide bonds. The second kappa shape index (κ2) is 7.66. The number of carbonyl (C=O) groups excluding carboxylic acids is 1. The molecule has 0 atom stereocenters. The molecule has 0 saturated carbocycles. The highest BCUT2D eigenvalue weighted by atomic mass is 35.5. The Kier molecular flexibility index (Phi) is 5.88. The van der Waals surface area contributed by atoms with Gasteiger partial charge in [0.15, 0.2) is 0 Å². The molecule has 2 rings (SSSR count). The number of amides is 1. The Morgan fingerprint density at radius 2 is 2.24 bits per heavy atom. The highest BCUT2D eigenvalue weighted by molar-refractivity contribution is 6.33. The van der Waals surface area contributed by atoms with Crippen molar-refractivity contribution in [1.82, 2.24) is 10.6 Å². The standard InChI is InChI=1S/C16H24ClN3O/c1-12(2)9-18-10-13-4-5-15(14(17)8-13)20-7-3-6-19-16(21)11-20/h4-5,8,12,18H,3,6-7,9-11H2,1-2H3,(H,19,21). The molecule has 21 heavy (non-hydrogen) atoms. The summed E-state index contributed by atoms with van der Waals surface area (Å²) in [4.78, 5) is 13.7. The first-order valence-electron chi connectivity index (χ1n) is 7.57. The fourth-order valence-corrected chi connectivity index (χ4v) is 2.76. The Labute approximate surface area is 131 Å². The minimum absolute atomic E-state index is 0.0613. The van der Waals surface area contributed by atoms with Gasteiger partial charge in [0, 0.05) is 19.6 Å². The monoisotopic (exact) mass is 309 g/mol. The summed E-state index contributed by atoms with van der Waals surface area (Å²) >= 11 is 6.40. The van der Waals surface area contributed by atoms with Gasteiger partial charge in [-0.2, -0.15) is 0 Å². The largest absolute Gasteiger partial charge is 0.361 e. The van der Waals surface area contributed by atoms with E-state index in [-0.39, 0.29) is 5.91 Å². The second-order valence-corrected chi connectivity index (χ2v) is 6.34. The molecule has 1 saturated heterocycles. The van der Waals surface area contributed by atoms with Crippen LogP contribution in [0.5, 0.6) is 0 Å². The smallest absolute Gasteiger partial charge is 0.239 e. The van der Waals surface area contributed by atoms with Crippen LogP contribution in [0.3, 0.4) is 0 Å². The molecule has 1 aliphatic rings. The predicted octanol–water partition coefficient (Wildman–Crippen LogP) is 2.41. The third-order valence-corrected chi connectivity index (χ3v) is 3.80. The molecule has 0 unspecified atom stereocenters. The lowest BCUT2D eigenvalue weighted by atomic mass is 10.1. The van der Waals surface area contributed by atoms with Crippen molar-refractivity contribution in [2.45, 2.75) is 26.8 Å². The van der Waals surface area contributed by atoms with Gasteiger partial charge in [0.05, 0.1) is 17.3 Å². The van der Waals surface area contributed by atoms with Crippen LogP contribution in [0.25, 0.3) is 0 Å². The van der Waals surface area contributed by atoms with E-state index in [4.69, 9.17) is 11.6 Å². The molecule has 1 aromatic rings. The van der Waals surface area contributed by atoms with Crippen molar-refractivity contribution in [3.8, 4) is 0 Å². The number of nitrogens with one attached hydrogen (secondary N) is 2. The van der Waals surface area contributed by atoms with Crippen molar-refractivity contribution < 1.29 is 4.79 Å². The highest BCUT2D eigenvalue weighted by Gasteiger charge is 2.17. The van der Waals surface area contributed by atoms with Crippen LogP contribution in [-0.2, 0) is 11.3 Å². The predicted molar refractivity (Wildman–Crippen MR) is 87.8 cm³/mol. The van der Waals surface area contributed by atoms with Crippen LogP contribution < -0.4 is 15.5 Å². The van der Waals surface area contributed by atoms with E-state index in [1.54, 1.807) is 0 Å². The fraction of sp³-hybridized carbons (Fsp3) is 0.562. The summed E-state index contributed by atoms with van der Waals surface area (Å²) in [5.74, 6) is 0.696. The quantitative estimate of drug-likeness (QED) is 0.878. The molecule has 4 nitrogen and oxygen atoms in total. The molecule has 116 valence electrons. The average molecular weight is 310 g/mol. The van der Waals surface area contributed by atoms with Crippen LogP contribution in [-0.4, -0.2) is 32.1 Å². The van der Waals surface area contributed by atoms with Crippen molar-refractivity contribution in [2.75, 3.05) is 31.1 Å². The minimum Gasteiger partial charge on any atom is -0.361 e. The number of carbonyl (C=O) groups is 1. The number of benzene rings is 1. The van der Waals surface area contributed by atoms with Crippen LogP contribution in [0, 0.1) is 5.92 Å². The zero-order chi connectivity index (χ0) is 15.2. The fourth-order valence-electron chi connectivity index (χ4n) is 2.43. The first kappa shape index (κ1) is 16.1. The molecule has 0 bridgehead atoms. The van der Waals surface area contributed by atoms with Crippen LogP contribution in [0.4, 0.5) is 5.69 Å². The van der Waals surface area contributed by atoms with E-state index < -0.39 is 0 Å². The maximum absolute atomic E-state index is 11.6. The molecule has 2 N–H and O–H groups in total. The summed E-state index contributed by atoms with van der Waals surface area (Å²) in [5, 5.41) is 7.00. The van der Waals surface area contributed by atoms with E-state index >= 15 is 0 Å². The number of nitrogens with zero attached hydrogens (tertiary/aromatic N) is 1. The van der Waals surface area contributed by atoms with Gasteiger partial charge in [-0.1, -0.05) is 31.5 Å². The van der Waals surface area contributed by atoms with Gasteiger partial charge in [0.25, 0.3) is 0 Å². The molecule has 5 heteroatoms. The number of hydrogen-bond donors (Lipinski definition) is 2. The molecular formula is C16H24ClN3O. The first-order valence-corrected chi connectivity index (χ1v) is 7.95. The van der Waals surface area contributed by atoms with Crippen molar-refractivity contribution in [3.05, 3.63) is 28.8 Å². The Morgan fingerprint density at radius 1 is 1.43 bits per heavy atom. The summed E-state index contributed by atoms with van der Waals surface area (Å²) in [6, 6.07) is 6.09. The zero-order valence-electron chi connectivity index (χ0n) is 12.8. The molecule has 1 aliphatic heterocycles. The SMILES string of the molecule is CC(C)CNCc1ccc(N2CCCNC(=O)C2)c(Cl)c1. The second-order valence-electron chi connectivity index (χ2n) is 5.94. The van der Waals surface area contributed by atoms with Crippen molar-refractivity contribution in [1.29, 1.82) is 0 Å². The molecule has 0 aliphatic carbocycles. The third kappa shape index (κ3) is 4.90. The van der Waals surface area contributed by atoms with Gasteiger partial charge in [-0.25, -0.2) is 0 Å². The number of rotatable bonds is 5. The minimum atomic E-state index is 0.0613. The van der Waals surface area contributed by atoms with Crippen molar-refractivity contribution >= 4 is 23.2 Å². The number of anilines is 1. The van der Waals surface area contributed by atoms with Gasteiger partial charge in [0.2, 0.25) is 5.91 Å². The lowest BCUT2D eigenvalue weighted by Crippen LogP contribution is -2.33. The summed E-state index contributed by atoms with van der Waals surface area (Å²) in [5.41, 5.74) is 2.12. The summed E-state index contributed by atoms with van der Waals surface area (Å²) in [7, 11) is 0. The van der Waals surface area contributed by atoms with Gasteiger partial charge >= 0.3 is 0 Å². The van der Waals surface area contributed by atoms with E-state index in [1.165, 1.54) is 5.56 Å². The Hall–Kier alpha value is -1.26. The van der Waals surface area contributed by atoms with Crippen LogP contribution in [0.15, 0.2) is 18.2 Å². The Morgan fingerprint density at radius 3 is 2.95 bits per heavy atom. The summed E-state index contributed by atoms with van der Waals surface area (Å²) < 4.78 is 0. The molecule has 0 radical (unpaired) electrons. The highest BCUT2D eigenvalue weighted by Crippen LogP contribution is 2.27. The molecule has 0 aromatic heterocycles. The third-order valence-electron chi connectivity index (χ3n) is 3.50. The van der Waals surface area contributed by atoms with Crippen LogP contribution in [0.1, 0.15) is 25.8 Å². The van der Waals surface area contributed by atoms with Crippen molar-refractivity contribution in [2.24, 2.45) is 5.92 Å². The molecule has 0 spiro atoms. The number of hydrogen-bond acceptors (Lipinski definition) is 3. The van der Waals surface area contributed by atoms with Crippen LogP contribution in [0.2, 0.25) is 5.02 Å². The normalized spacial score (nSPS) is 16.0. The van der Waals surface area contributed by atoms with Gasteiger partial charge < -0.3 is 15.5 Å². The maximum Gasteiger partial charge on any atom is 0.239 e. The van der Waals surface area contributed by atoms with E-state index in [1.807, 2.05) is 12.1 Å². The van der Waals surface area contributed by atoms with E-state index in [9.17, 15) is 4.79 Å². The molecule has 1 heterocycles. The average Bonchev–Trinajstić information content (AvgIpc) is 2.63. The van der Waals surface area contributed by atoms with E-state index in [0.29, 0.717) is 17.5 Å². The number of halogens is 1. The molecule has 1 aromatic carbocycles. The van der Waals surface area contributed by atoms with E-state index in [2.05, 4.69) is 35.4 Å². The van der Waals surface area contributed by atoms with E-state index in [0.717, 1.165) is 38.3 Å². The summed E-state index contributed by atoms with van der Waals surface area (Å²) in [6.45, 7) is 8.16. The molecular weight excluding hydrogens is 286 g/mol. The lowest BCUT2D eigenvalue weighted by molar-refractivity contribution is -0.119. The van der Waals surface area contributed by atoms with Crippen LogP contribution >= 0.6 is 11.6 Å². The van der Waals surface area contributed by atoms with Gasteiger partial charge in [-0.3, -0.25) is 4.79 Å². The van der Waals surface area contributed by atoms with Gasteiger partial charge in [-0.15, -0.1) is 0 Å². The van der Waals surface area contributed by atoms with Crippen molar-refractivity contribution in [3.63, 3.8) is 0 Å².